The summed E-state index contributed by atoms with van der Waals surface area (Å²) >= 11 is 0. The number of hydrogen-bond donors (Lipinski definition) is 3. The highest BCUT2D eigenvalue weighted by molar-refractivity contribution is 5.43. The lowest BCUT2D eigenvalue weighted by molar-refractivity contribution is 0.104. The fourth-order valence-corrected chi connectivity index (χ4v) is 1.40. The van der Waals surface area contributed by atoms with Gasteiger partial charge in [0.25, 0.3) is 0 Å². The summed E-state index contributed by atoms with van der Waals surface area (Å²) in [5, 5.41) is 19.5. The molecule has 1 aromatic carbocycles. The molecule has 0 amide bonds. The van der Waals surface area contributed by atoms with Crippen molar-refractivity contribution in [2.75, 3.05) is 6.61 Å². The SMILES string of the molecule is CCOc1cc(C(O)C(C)(C)N)ccc1O. The van der Waals surface area contributed by atoms with E-state index in [9.17, 15) is 10.2 Å². The van der Waals surface area contributed by atoms with Crippen molar-refractivity contribution in [1.29, 1.82) is 0 Å². The third-order valence-electron chi connectivity index (χ3n) is 2.30. The Balaban J connectivity index is 3.03. The van der Waals surface area contributed by atoms with Crippen LogP contribution in [0.25, 0.3) is 0 Å². The molecular weight excluding hydrogens is 206 g/mol. The lowest BCUT2D eigenvalue weighted by atomic mass is 9.92. The number of aliphatic hydroxyl groups is 1. The summed E-state index contributed by atoms with van der Waals surface area (Å²) in [4.78, 5) is 0. The van der Waals surface area contributed by atoms with Crippen molar-refractivity contribution >= 4 is 0 Å². The van der Waals surface area contributed by atoms with E-state index in [0.717, 1.165) is 0 Å². The Morgan fingerprint density at radius 2 is 2.06 bits per heavy atom. The van der Waals surface area contributed by atoms with Crippen LogP contribution in [-0.2, 0) is 0 Å². The maximum Gasteiger partial charge on any atom is 0.161 e. The maximum atomic E-state index is 9.98. The fraction of sp³-hybridized carbons (Fsp3) is 0.500. The van der Waals surface area contributed by atoms with Crippen LogP contribution in [0, 0.1) is 0 Å². The zero-order chi connectivity index (χ0) is 12.3. The minimum Gasteiger partial charge on any atom is -0.504 e. The van der Waals surface area contributed by atoms with E-state index in [1.54, 1.807) is 26.0 Å². The van der Waals surface area contributed by atoms with Gasteiger partial charge in [-0.05, 0) is 38.5 Å². The van der Waals surface area contributed by atoms with E-state index in [0.29, 0.717) is 17.9 Å². The van der Waals surface area contributed by atoms with Crippen molar-refractivity contribution in [3.63, 3.8) is 0 Å². The monoisotopic (exact) mass is 225 g/mol. The molecule has 0 aliphatic carbocycles. The first-order valence-electron chi connectivity index (χ1n) is 5.29. The number of rotatable bonds is 4. The van der Waals surface area contributed by atoms with Crippen molar-refractivity contribution in [2.45, 2.75) is 32.4 Å². The second-order valence-corrected chi connectivity index (χ2v) is 4.38. The van der Waals surface area contributed by atoms with Crippen LogP contribution < -0.4 is 10.5 Å². The van der Waals surface area contributed by atoms with Gasteiger partial charge in [-0.25, -0.2) is 0 Å². The van der Waals surface area contributed by atoms with E-state index in [2.05, 4.69) is 0 Å². The molecule has 0 fully saturated rings. The average Bonchev–Trinajstić information content (AvgIpc) is 2.19. The molecule has 1 rings (SSSR count). The molecule has 0 saturated heterocycles. The largest absolute Gasteiger partial charge is 0.504 e. The number of nitrogens with two attached hydrogens (primary N) is 1. The van der Waals surface area contributed by atoms with Gasteiger partial charge in [-0.2, -0.15) is 0 Å². The van der Waals surface area contributed by atoms with E-state index in [1.165, 1.54) is 6.07 Å². The first-order valence-corrected chi connectivity index (χ1v) is 5.29. The predicted octanol–water partition coefficient (Wildman–Crippen LogP) is 1.56. The van der Waals surface area contributed by atoms with Crippen molar-refractivity contribution in [3.8, 4) is 11.5 Å². The molecule has 0 radical (unpaired) electrons. The van der Waals surface area contributed by atoms with Gasteiger partial charge in [0.15, 0.2) is 11.5 Å². The average molecular weight is 225 g/mol. The quantitative estimate of drug-likeness (QED) is 0.727. The third-order valence-corrected chi connectivity index (χ3v) is 2.30. The van der Waals surface area contributed by atoms with Crippen molar-refractivity contribution in [1.82, 2.24) is 0 Å². The molecule has 1 unspecified atom stereocenters. The summed E-state index contributed by atoms with van der Waals surface area (Å²) < 4.78 is 5.24. The molecule has 0 bridgehead atoms. The number of phenolic OH excluding ortho intramolecular Hbond substituents is 1. The van der Waals surface area contributed by atoms with Gasteiger partial charge in [-0.15, -0.1) is 0 Å². The highest BCUT2D eigenvalue weighted by Crippen LogP contribution is 2.32. The second-order valence-electron chi connectivity index (χ2n) is 4.38. The van der Waals surface area contributed by atoms with E-state index >= 15 is 0 Å². The van der Waals surface area contributed by atoms with Gasteiger partial charge < -0.3 is 20.7 Å². The maximum absolute atomic E-state index is 9.98. The van der Waals surface area contributed by atoms with Gasteiger partial charge in [-0.3, -0.25) is 0 Å². The van der Waals surface area contributed by atoms with E-state index in [-0.39, 0.29) is 5.75 Å². The molecule has 0 aliphatic rings. The first kappa shape index (κ1) is 12.8. The first-order chi connectivity index (χ1) is 7.36. The Kier molecular flexibility index (Phi) is 3.78. The summed E-state index contributed by atoms with van der Waals surface area (Å²) in [6.45, 7) is 5.77. The third kappa shape index (κ3) is 2.87. The molecule has 1 aromatic rings. The Bertz CT molecular complexity index is 358. The predicted molar refractivity (Wildman–Crippen MR) is 62.5 cm³/mol. The van der Waals surface area contributed by atoms with Crippen LogP contribution in [0.5, 0.6) is 11.5 Å². The van der Waals surface area contributed by atoms with Gasteiger partial charge in [0.05, 0.1) is 12.7 Å². The number of aromatic hydroxyl groups is 1. The molecule has 0 spiro atoms. The normalized spacial score (nSPS) is 13.6. The second kappa shape index (κ2) is 4.72. The standard InChI is InChI=1S/C12H19NO3/c1-4-16-10-7-8(5-6-9(10)14)11(15)12(2,3)13/h5-7,11,14-15H,4,13H2,1-3H3. The lowest BCUT2D eigenvalue weighted by Crippen LogP contribution is -2.39. The lowest BCUT2D eigenvalue weighted by Gasteiger charge is -2.26. The molecular formula is C12H19NO3. The molecule has 0 heterocycles. The number of aliphatic hydroxyl groups excluding tert-OH is 1. The van der Waals surface area contributed by atoms with Gasteiger partial charge in [0.1, 0.15) is 0 Å². The zero-order valence-corrected chi connectivity index (χ0v) is 9.90. The molecule has 1 atom stereocenters. The van der Waals surface area contributed by atoms with Gasteiger partial charge in [0.2, 0.25) is 0 Å². The minimum absolute atomic E-state index is 0.0626. The Morgan fingerprint density at radius 3 is 2.56 bits per heavy atom. The summed E-state index contributed by atoms with van der Waals surface area (Å²) in [5.74, 6) is 0.427. The molecule has 0 saturated carbocycles. The molecule has 16 heavy (non-hydrogen) atoms. The van der Waals surface area contributed by atoms with Crippen LogP contribution in [0.3, 0.4) is 0 Å². The van der Waals surface area contributed by atoms with Crippen molar-refractivity contribution in [2.24, 2.45) is 5.73 Å². The van der Waals surface area contributed by atoms with E-state index < -0.39 is 11.6 Å². The fourth-order valence-electron chi connectivity index (χ4n) is 1.40. The Morgan fingerprint density at radius 1 is 1.44 bits per heavy atom. The van der Waals surface area contributed by atoms with Gasteiger partial charge >= 0.3 is 0 Å². The Labute approximate surface area is 95.7 Å². The number of ether oxygens (including phenoxy) is 1. The van der Waals surface area contributed by atoms with Crippen LogP contribution in [-0.4, -0.2) is 22.4 Å². The summed E-state index contributed by atoms with van der Waals surface area (Å²) in [5.41, 5.74) is 5.72. The Hall–Kier alpha value is -1.26. The molecule has 0 aliphatic heterocycles. The van der Waals surface area contributed by atoms with Crippen LogP contribution in [0.15, 0.2) is 18.2 Å². The summed E-state index contributed by atoms with van der Waals surface area (Å²) in [7, 11) is 0. The van der Waals surface area contributed by atoms with E-state index in [1.807, 2.05) is 6.92 Å². The van der Waals surface area contributed by atoms with Crippen LogP contribution in [0.1, 0.15) is 32.4 Å². The van der Waals surface area contributed by atoms with Gasteiger partial charge in [0, 0.05) is 5.54 Å². The van der Waals surface area contributed by atoms with Crippen LogP contribution >= 0.6 is 0 Å². The zero-order valence-electron chi connectivity index (χ0n) is 9.90. The van der Waals surface area contributed by atoms with Crippen molar-refractivity contribution < 1.29 is 14.9 Å². The summed E-state index contributed by atoms with van der Waals surface area (Å²) in [6, 6.07) is 4.74. The highest BCUT2D eigenvalue weighted by atomic mass is 16.5. The van der Waals surface area contributed by atoms with Gasteiger partial charge in [-0.1, -0.05) is 6.07 Å². The molecule has 4 nitrogen and oxygen atoms in total. The minimum atomic E-state index is -0.799. The molecule has 4 N–H and O–H groups in total. The van der Waals surface area contributed by atoms with E-state index in [4.69, 9.17) is 10.5 Å². The highest BCUT2D eigenvalue weighted by Gasteiger charge is 2.25. The number of phenols is 1. The van der Waals surface area contributed by atoms with Crippen LogP contribution in [0.4, 0.5) is 0 Å². The number of benzene rings is 1. The van der Waals surface area contributed by atoms with Crippen molar-refractivity contribution in [3.05, 3.63) is 23.8 Å². The smallest absolute Gasteiger partial charge is 0.161 e. The topological polar surface area (TPSA) is 75.7 Å². The molecule has 90 valence electrons. The molecule has 0 aromatic heterocycles. The summed E-state index contributed by atoms with van der Waals surface area (Å²) in [6.07, 6.45) is -0.799. The van der Waals surface area contributed by atoms with Crippen LogP contribution in [0.2, 0.25) is 0 Å². The number of hydrogen-bond acceptors (Lipinski definition) is 4. The molecule has 4 heteroatoms.